The lowest BCUT2D eigenvalue weighted by atomic mass is 10.2. The van der Waals surface area contributed by atoms with E-state index < -0.39 is 0 Å². The summed E-state index contributed by atoms with van der Waals surface area (Å²) in [4.78, 5) is 25.2. The molecule has 3 heterocycles. The summed E-state index contributed by atoms with van der Waals surface area (Å²) >= 11 is 27.9. The van der Waals surface area contributed by atoms with Crippen LogP contribution in [0.2, 0.25) is 26.0 Å². The van der Waals surface area contributed by atoms with Gasteiger partial charge in [0.05, 0.1) is 17.1 Å². The number of aldehydes is 1. The van der Waals surface area contributed by atoms with Gasteiger partial charge in [0.2, 0.25) is 10.6 Å². The zero-order chi connectivity index (χ0) is 23.0. The van der Waals surface area contributed by atoms with Gasteiger partial charge < -0.3 is 5.73 Å². The van der Waals surface area contributed by atoms with Crippen molar-refractivity contribution in [3.63, 3.8) is 0 Å². The van der Waals surface area contributed by atoms with Crippen molar-refractivity contribution in [3.8, 4) is 0 Å². The minimum atomic E-state index is -0.0781. The second kappa shape index (κ2) is 14.2. The van der Waals surface area contributed by atoms with E-state index in [4.69, 9.17) is 63.7 Å². The Bertz CT molecular complexity index is 974. The van der Waals surface area contributed by atoms with Crippen molar-refractivity contribution in [1.29, 1.82) is 0 Å². The first-order chi connectivity index (χ1) is 14.0. The quantitative estimate of drug-likeness (QED) is 0.242. The highest BCUT2D eigenvalue weighted by Crippen LogP contribution is 2.23. The molecule has 3 aromatic heterocycles. The number of nitrogens with two attached hydrogens (primary N) is 1. The third kappa shape index (κ3) is 9.18. The Labute approximate surface area is 211 Å². The van der Waals surface area contributed by atoms with Gasteiger partial charge in [-0.2, -0.15) is 10.1 Å². The number of nitrogens with zero attached hydrogens (tertiary/aromatic N) is 6. The molecule has 0 aromatic carbocycles. The lowest BCUT2D eigenvalue weighted by Crippen LogP contribution is -2.05. The molecule has 0 fully saturated rings. The molecule has 3 aromatic rings. The van der Waals surface area contributed by atoms with Crippen LogP contribution < -0.4 is 5.73 Å². The van der Waals surface area contributed by atoms with Crippen LogP contribution in [-0.2, 0) is 0 Å². The van der Waals surface area contributed by atoms with Crippen LogP contribution >= 0.6 is 70.4 Å². The van der Waals surface area contributed by atoms with Gasteiger partial charge in [-0.25, -0.2) is 19.6 Å². The number of aromatic nitrogens is 6. The van der Waals surface area contributed by atoms with Crippen LogP contribution in [0, 0.1) is 5.92 Å². The molecule has 2 N–H and O–H groups in total. The third-order valence-electron chi connectivity index (χ3n) is 3.28. The maximum atomic E-state index is 10.3. The van der Waals surface area contributed by atoms with Crippen molar-refractivity contribution >= 4 is 87.7 Å². The third-order valence-corrected chi connectivity index (χ3v) is 4.49. The Balaban J connectivity index is 0.000000476. The fourth-order valence-corrected chi connectivity index (χ4v) is 2.89. The average Bonchev–Trinajstić information content (AvgIpc) is 3.06. The summed E-state index contributed by atoms with van der Waals surface area (Å²) in [6.45, 7) is 9.02. The molecular formula is C17H21Cl6N7O. The van der Waals surface area contributed by atoms with E-state index in [2.05, 4.69) is 38.9 Å². The molecule has 172 valence electrons. The number of carbonyl (C=O) groups excluding carboxylic acids is 1. The van der Waals surface area contributed by atoms with Crippen LogP contribution in [0.1, 0.15) is 44.1 Å². The van der Waals surface area contributed by atoms with Gasteiger partial charge in [0.15, 0.2) is 11.9 Å². The first-order valence-electron chi connectivity index (χ1n) is 8.61. The maximum Gasteiger partial charge on any atom is 0.225 e. The lowest BCUT2D eigenvalue weighted by Gasteiger charge is -2.05. The fourth-order valence-electron chi connectivity index (χ4n) is 1.73. The number of hydrogen-bond acceptors (Lipinski definition) is 7. The molecule has 14 heteroatoms. The predicted molar refractivity (Wildman–Crippen MR) is 129 cm³/mol. The van der Waals surface area contributed by atoms with Crippen LogP contribution in [0.25, 0.3) is 11.0 Å². The SMILES string of the molecule is CC(C)CN.CC(C)n1ncc2c(Cl)nc(Cl)nc21.Cl.O=Cc1c(Cl)nc(Cl)nc1Cl. The van der Waals surface area contributed by atoms with E-state index >= 15 is 0 Å². The Kier molecular flexibility index (Phi) is 13.8. The number of hydrogen-bond donors (Lipinski definition) is 1. The number of carbonyl (C=O) groups is 1. The summed E-state index contributed by atoms with van der Waals surface area (Å²) < 4.78 is 1.76. The van der Waals surface area contributed by atoms with Gasteiger partial charge in [-0.1, -0.05) is 48.7 Å². The Hall–Kier alpha value is -1.00. The molecule has 0 amide bonds. The molecule has 0 unspecified atom stereocenters. The second-order valence-corrected chi connectivity index (χ2v) is 8.19. The van der Waals surface area contributed by atoms with E-state index in [0.717, 1.165) is 11.9 Å². The van der Waals surface area contributed by atoms with Crippen molar-refractivity contribution in [1.82, 2.24) is 29.7 Å². The Morgan fingerprint density at radius 1 is 0.935 bits per heavy atom. The molecule has 0 radical (unpaired) electrons. The topological polar surface area (TPSA) is 112 Å². The van der Waals surface area contributed by atoms with Gasteiger partial charge in [-0.3, -0.25) is 4.79 Å². The molecule has 0 saturated heterocycles. The van der Waals surface area contributed by atoms with Gasteiger partial charge >= 0.3 is 0 Å². The summed E-state index contributed by atoms with van der Waals surface area (Å²) in [6.07, 6.45) is 2.12. The summed E-state index contributed by atoms with van der Waals surface area (Å²) in [5.41, 5.74) is 5.90. The monoisotopic (exact) mass is 549 g/mol. The summed E-state index contributed by atoms with van der Waals surface area (Å²) in [5.74, 6) is 0.662. The van der Waals surface area contributed by atoms with Crippen molar-refractivity contribution in [3.05, 3.63) is 37.8 Å². The smallest absolute Gasteiger partial charge is 0.225 e. The largest absolute Gasteiger partial charge is 0.330 e. The maximum absolute atomic E-state index is 10.3. The number of fused-ring (bicyclic) bond motifs is 1. The zero-order valence-electron chi connectivity index (χ0n) is 17.0. The van der Waals surface area contributed by atoms with Crippen molar-refractivity contribution < 1.29 is 4.79 Å². The predicted octanol–water partition coefficient (Wildman–Crippen LogP) is 5.99. The van der Waals surface area contributed by atoms with E-state index in [0.29, 0.717) is 23.0 Å². The minimum absolute atomic E-state index is 0. The van der Waals surface area contributed by atoms with Gasteiger partial charge in [-0.15, -0.1) is 12.4 Å². The summed E-state index contributed by atoms with van der Waals surface area (Å²) in [7, 11) is 0. The van der Waals surface area contributed by atoms with Crippen LogP contribution in [0.3, 0.4) is 0 Å². The molecule has 0 spiro atoms. The highest BCUT2D eigenvalue weighted by Gasteiger charge is 2.12. The minimum Gasteiger partial charge on any atom is -0.330 e. The van der Waals surface area contributed by atoms with Gasteiger partial charge in [0.25, 0.3) is 0 Å². The van der Waals surface area contributed by atoms with E-state index in [9.17, 15) is 4.79 Å². The lowest BCUT2D eigenvalue weighted by molar-refractivity contribution is 0.112. The summed E-state index contributed by atoms with van der Waals surface area (Å²) in [6, 6.07) is 0.217. The summed E-state index contributed by atoms with van der Waals surface area (Å²) in [5, 5.41) is 5.23. The first kappa shape index (κ1) is 30.0. The van der Waals surface area contributed by atoms with Crippen LogP contribution in [0.15, 0.2) is 6.20 Å². The molecule has 0 aliphatic carbocycles. The molecule has 0 bridgehead atoms. The number of rotatable bonds is 3. The molecule has 3 rings (SSSR count). The van der Waals surface area contributed by atoms with Crippen molar-refractivity contribution in [2.24, 2.45) is 11.7 Å². The molecule has 0 saturated carbocycles. The van der Waals surface area contributed by atoms with E-state index in [1.807, 2.05) is 13.8 Å². The molecule has 0 aliphatic rings. The highest BCUT2D eigenvalue weighted by molar-refractivity contribution is 6.38. The Morgan fingerprint density at radius 3 is 1.81 bits per heavy atom. The van der Waals surface area contributed by atoms with E-state index in [1.54, 1.807) is 10.9 Å². The van der Waals surface area contributed by atoms with Gasteiger partial charge in [0, 0.05) is 6.04 Å². The molecule has 8 nitrogen and oxygen atoms in total. The van der Waals surface area contributed by atoms with Crippen LogP contribution in [-0.4, -0.2) is 42.5 Å². The van der Waals surface area contributed by atoms with Crippen LogP contribution in [0.4, 0.5) is 0 Å². The molecule has 0 aliphatic heterocycles. The van der Waals surface area contributed by atoms with Crippen molar-refractivity contribution in [2.45, 2.75) is 33.7 Å². The first-order valence-corrected chi connectivity index (χ1v) is 10.5. The zero-order valence-corrected chi connectivity index (χ0v) is 21.6. The second-order valence-electron chi connectivity index (χ2n) is 6.44. The molecule has 31 heavy (non-hydrogen) atoms. The number of halogens is 6. The van der Waals surface area contributed by atoms with Crippen LogP contribution in [0.5, 0.6) is 0 Å². The molecule has 0 atom stereocenters. The van der Waals surface area contributed by atoms with E-state index in [1.165, 1.54) is 0 Å². The van der Waals surface area contributed by atoms with Gasteiger partial charge in [0.1, 0.15) is 15.5 Å². The average molecular weight is 552 g/mol. The highest BCUT2D eigenvalue weighted by atomic mass is 35.5. The normalized spacial score (nSPS) is 10.2. The van der Waals surface area contributed by atoms with E-state index in [-0.39, 0.29) is 44.9 Å². The molecular weight excluding hydrogens is 531 g/mol. The fraction of sp³-hybridized carbons (Fsp3) is 0.412. The standard InChI is InChI=1S/C8H8Cl2N4.C5HCl3N2O.C4H11N.ClH/c1-4(2)14-7-5(3-11-14)6(9)12-8(10)13-7;6-3-2(1-11)4(7)10-5(8)9-3;1-4(2)3-5;/h3-4H,1-2H3;1H;4H,3,5H2,1-2H3;1H. The van der Waals surface area contributed by atoms with Crippen molar-refractivity contribution in [2.75, 3.05) is 6.54 Å². The Morgan fingerprint density at radius 2 is 1.39 bits per heavy atom. The van der Waals surface area contributed by atoms with Gasteiger partial charge in [-0.05, 0) is 49.5 Å².